The minimum atomic E-state index is -0.702. The van der Waals surface area contributed by atoms with E-state index in [1.165, 1.54) is 14.0 Å². The van der Waals surface area contributed by atoms with E-state index in [1.54, 1.807) is 18.2 Å². The summed E-state index contributed by atoms with van der Waals surface area (Å²) in [5.41, 5.74) is 8.97. The second-order valence-corrected chi connectivity index (χ2v) is 7.83. The average molecular weight is 442 g/mol. The third-order valence-corrected chi connectivity index (χ3v) is 5.42. The predicted molar refractivity (Wildman–Crippen MR) is 120 cm³/mol. The number of amides is 2. The van der Waals surface area contributed by atoms with Crippen LogP contribution in [-0.4, -0.2) is 36.5 Å². The third-order valence-electron chi connectivity index (χ3n) is 4.34. The van der Waals surface area contributed by atoms with Gasteiger partial charge in [0, 0.05) is 23.7 Å². The number of fused-ring (bicyclic) bond motifs is 1. The first-order chi connectivity index (χ1) is 14.7. The van der Waals surface area contributed by atoms with E-state index in [1.807, 2.05) is 19.9 Å². The molecule has 4 N–H and O–H groups in total. The lowest BCUT2D eigenvalue weighted by Gasteiger charge is -2.12. The Morgan fingerprint density at radius 2 is 1.90 bits per heavy atom. The molecule has 2 aromatic heterocycles. The van der Waals surface area contributed by atoms with E-state index in [2.05, 4.69) is 15.6 Å². The Balaban J connectivity index is 1.71. The summed E-state index contributed by atoms with van der Waals surface area (Å²) in [7, 11) is 1.45. The number of hydrogen-bond acceptors (Lipinski definition) is 8. The van der Waals surface area contributed by atoms with Crippen molar-refractivity contribution in [2.45, 2.75) is 20.8 Å². The summed E-state index contributed by atoms with van der Waals surface area (Å²) < 4.78 is 10.4. The van der Waals surface area contributed by atoms with Crippen molar-refractivity contribution >= 4 is 56.4 Å². The van der Waals surface area contributed by atoms with Gasteiger partial charge < -0.3 is 25.8 Å². The number of carbonyl (C=O) groups excluding carboxylic acids is 3. The molecule has 3 rings (SSSR count). The Morgan fingerprint density at radius 1 is 1.16 bits per heavy atom. The predicted octanol–water partition coefficient (Wildman–Crippen LogP) is 3.26. The largest absolute Gasteiger partial charge is 0.495 e. The molecule has 0 aliphatic heterocycles. The lowest BCUT2D eigenvalue weighted by molar-refractivity contribution is -0.119. The highest BCUT2D eigenvalue weighted by Gasteiger charge is 2.21. The van der Waals surface area contributed by atoms with Crippen LogP contribution in [-0.2, 0) is 14.3 Å². The van der Waals surface area contributed by atoms with Crippen LogP contribution in [0.3, 0.4) is 0 Å². The van der Waals surface area contributed by atoms with Gasteiger partial charge in [-0.2, -0.15) is 0 Å². The van der Waals surface area contributed by atoms with Gasteiger partial charge in [0.2, 0.25) is 5.91 Å². The Kier molecular flexibility index (Phi) is 6.40. The van der Waals surface area contributed by atoms with Gasteiger partial charge in [0.15, 0.2) is 6.61 Å². The van der Waals surface area contributed by atoms with Crippen LogP contribution < -0.4 is 21.1 Å². The minimum absolute atomic E-state index is 0.203. The summed E-state index contributed by atoms with van der Waals surface area (Å²) in [6.07, 6.45) is 0. The van der Waals surface area contributed by atoms with Gasteiger partial charge in [-0.05, 0) is 43.7 Å². The van der Waals surface area contributed by atoms with Gasteiger partial charge in [-0.15, -0.1) is 11.3 Å². The van der Waals surface area contributed by atoms with Crippen molar-refractivity contribution in [3.63, 3.8) is 0 Å². The molecule has 0 atom stereocenters. The number of thiophene rings is 1. The number of aryl methyl sites for hydroxylation is 2. The topological polar surface area (TPSA) is 133 Å². The highest BCUT2D eigenvalue weighted by Crippen LogP contribution is 2.35. The van der Waals surface area contributed by atoms with Crippen LogP contribution in [0.1, 0.15) is 27.9 Å². The van der Waals surface area contributed by atoms with Crippen LogP contribution >= 0.6 is 11.3 Å². The van der Waals surface area contributed by atoms with Crippen molar-refractivity contribution < 1.29 is 23.9 Å². The Labute approximate surface area is 182 Å². The van der Waals surface area contributed by atoms with Crippen LogP contribution in [0.15, 0.2) is 24.3 Å². The molecule has 2 amide bonds. The summed E-state index contributed by atoms with van der Waals surface area (Å²) in [6.45, 7) is 4.61. The number of anilines is 3. The van der Waals surface area contributed by atoms with Gasteiger partial charge >= 0.3 is 5.97 Å². The van der Waals surface area contributed by atoms with E-state index < -0.39 is 18.5 Å². The highest BCUT2D eigenvalue weighted by atomic mass is 32.1. The lowest BCUT2D eigenvalue weighted by atomic mass is 10.1. The standard InChI is InChI=1S/C21H22N4O5S/c1-10-7-11(2)23-20-17(10)18(22)19(31-20)21(28)30-9-16(27)25-14-8-13(24-12(3)26)5-6-15(14)29-4/h5-8H,9,22H2,1-4H3,(H,24,26)(H,25,27). The maximum atomic E-state index is 12.5. The van der Waals surface area contributed by atoms with Gasteiger partial charge in [-0.1, -0.05) is 0 Å². The molecule has 0 fully saturated rings. The molecule has 31 heavy (non-hydrogen) atoms. The zero-order valence-electron chi connectivity index (χ0n) is 17.5. The number of aromatic nitrogens is 1. The van der Waals surface area contributed by atoms with Crippen LogP contribution in [0.5, 0.6) is 5.75 Å². The monoisotopic (exact) mass is 442 g/mol. The number of carbonyl (C=O) groups is 3. The second-order valence-electron chi connectivity index (χ2n) is 6.83. The number of benzene rings is 1. The zero-order chi connectivity index (χ0) is 22.7. The molecule has 9 nitrogen and oxygen atoms in total. The minimum Gasteiger partial charge on any atom is -0.495 e. The van der Waals surface area contributed by atoms with Crippen LogP contribution in [0.4, 0.5) is 17.1 Å². The maximum absolute atomic E-state index is 12.5. The molecule has 0 radical (unpaired) electrons. The van der Waals surface area contributed by atoms with Crippen molar-refractivity contribution in [1.82, 2.24) is 4.98 Å². The summed E-state index contributed by atoms with van der Waals surface area (Å²) in [4.78, 5) is 41.3. The molecule has 0 aliphatic rings. The van der Waals surface area contributed by atoms with E-state index in [0.717, 1.165) is 22.6 Å². The molecule has 0 spiro atoms. The second kappa shape index (κ2) is 9.00. The van der Waals surface area contributed by atoms with Crippen molar-refractivity contribution in [1.29, 1.82) is 0 Å². The normalized spacial score (nSPS) is 10.6. The number of nitrogens with two attached hydrogens (primary N) is 1. The van der Waals surface area contributed by atoms with E-state index in [4.69, 9.17) is 15.2 Å². The van der Waals surface area contributed by atoms with Crippen molar-refractivity contribution in [3.8, 4) is 5.75 Å². The fraction of sp³-hybridized carbons (Fsp3) is 0.238. The number of rotatable bonds is 6. The smallest absolute Gasteiger partial charge is 0.351 e. The molecular formula is C21H22N4O5S. The number of esters is 1. The fourth-order valence-corrected chi connectivity index (χ4v) is 4.20. The van der Waals surface area contributed by atoms with E-state index in [0.29, 0.717) is 33.0 Å². The Morgan fingerprint density at radius 3 is 2.58 bits per heavy atom. The molecule has 3 aromatic rings. The first-order valence-corrected chi connectivity index (χ1v) is 10.1. The van der Waals surface area contributed by atoms with Crippen LogP contribution in [0, 0.1) is 13.8 Å². The number of pyridine rings is 1. The molecule has 0 unspecified atom stereocenters. The molecule has 162 valence electrons. The van der Waals surface area contributed by atoms with Crippen molar-refractivity contribution in [3.05, 3.63) is 40.4 Å². The molecule has 0 bridgehead atoms. The van der Waals surface area contributed by atoms with Gasteiger partial charge in [0.25, 0.3) is 5.91 Å². The average Bonchev–Trinajstić information content (AvgIpc) is 3.02. The van der Waals surface area contributed by atoms with Gasteiger partial charge in [0.1, 0.15) is 15.5 Å². The summed E-state index contributed by atoms with van der Waals surface area (Å²) in [5, 5.41) is 5.94. The zero-order valence-corrected chi connectivity index (χ0v) is 18.3. The molecular weight excluding hydrogens is 420 g/mol. The summed E-state index contributed by atoms with van der Waals surface area (Å²) in [6, 6.07) is 6.66. The van der Waals surface area contributed by atoms with Crippen molar-refractivity contribution in [2.24, 2.45) is 0 Å². The third kappa shape index (κ3) is 4.92. The molecule has 1 aromatic carbocycles. The molecule has 10 heteroatoms. The molecule has 0 saturated carbocycles. The Hall–Kier alpha value is -3.66. The molecule has 0 saturated heterocycles. The fourth-order valence-electron chi connectivity index (χ4n) is 3.09. The van der Waals surface area contributed by atoms with Gasteiger partial charge in [0.05, 0.1) is 18.5 Å². The van der Waals surface area contributed by atoms with Gasteiger partial charge in [-0.25, -0.2) is 9.78 Å². The number of nitrogens with zero attached hydrogens (tertiary/aromatic N) is 1. The van der Waals surface area contributed by atoms with E-state index in [-0.39, 0.29) is 10.8 Å². The molecule has 2 heterocycles. The Bertz CT molecular complexity index is 1190. The van der Waals surface area contributed by atoms with Crippen molar-refractivity contribution in [2.75, 3.05) is 30.1 Å². The number of hydrogen-bond donors (Lipinski definition) is 3. The highest BCUT2D eigenvalue weighted by molar-refractivity contribution is 7.21. The summed E-state index contributed by atoms with van der Waals surface area (Å²) >= 11 is 1.13. The lowest BCUT2D eigenvalue weighted by Crippen LogP contribution is -2.21. The maximum Gasteiger partial charge on any atom is 0.351 e. The molecule has 0 aliphatic carbocycles. The number of ether oxygens (including phenoxy) is 2. The van der Waals surface area contributed by atoms with E-state index >= 15 is 0 Å². The number of nitrogens with one attached hydrogen (secondary N) is 2. The van der Waals surface area contributed by atoms with E-state index in [9.17, 15) is 14.4 Å². The SMILES string of the molecule is COc1ccc(NC(C)=O)cc1NC(=O)COC(=O)c1sc2nc(C)cc(C)c2c1N. The summed E-state index contributed by atoms with van der Waals surface area (Å²) in [5.74, 6) is -1.14. The van der Waals surface area contributed by atoms with Crippen LogP contribution in [0.2, 0.25) is 0 Å². The quantitative estimate of drug-likeness (QED) is 0.499. The first-order valence-electron chi connectivity index (χ1n) is 9.28. The van der Waals surface area contributed by atoms with Crippen LogP contribution in [0.25, 0.3) is 10.2 Å². The van der Waals surface area contributed by atoms with Gasteiger partial charge in [-0.3, -0.25) is 9.59 Å². The number of nitrogen functional groups attached to an aromatic ring is 1. The first kappa shape index (κ1) is 22.0. The number of methoxy groups -OCH3 is 1.